The number of hydrogen-bond donors (Lipinski definition) is 1. The molecule has 21 heavy (non-hydrogen) atoms. The molecular formula is C16H21F3O2. The molecule has 0 aliphatic rings. The monoisotopic (exact) mass is 302 g/mol. The summed E-state index contributed by atoms with van der Waals surface area (Å²) in [7, 11) is 0. The van der Waals surface area contributed by atoms with Crippen molar-refractivity contribution in [1.82, 2.24) is 0 Å². The Labute approximate surface area is 123 Å². The number of benzene rings is 1. The molecule has 0 saturated carbocycles. The first kappa shape index (κ1) is 17.5. The van der Waals surface area contributed by atoms with Crippen LogP contribution in [0.4, 0.5) is 13.2 Å². The minimum absolute atomic E-state index is 0.108. The summed E-state index contributed by atoms with van der Waals surface area (Å²) in [5.41, 5.74) is -0.230. The van der Waals surface area contributed by atoms with Gasteiger partial charge in [-0.25, -0.2) is 0 Å². The van der Waals surface area contributed by atoms with Crippen molar-refractivity contribution in [1.29, 1.82) is 0 Å². The van der Waals surface area contributed by atoms with Gasteiger partial charge in [-0.3, -0.25) is 4.79 Å². The van der Waals surface area contributed by atoms with E-state index in [1.807, 2.05) is 13.8 Å². The van der Waals surface area contributed by atoms with E-state index >= 15 is 0 Å². The number of halogens is 3. The largest absolute Gasteiger partial charge is 0.481 e. The van der Waals surface area contributed by atoms with E-state index in [4.69, 9.17) is 5.11 Å². The third-order valence-electron chi connectivity index (χ3n) is 3.45. The normalized spacial score (nSPS) is 12.4. The maximum absolute atomic E-state index is 12.6. The van der Waals surface area contributed by atoms with Gasteiger partial charge in [0.05, 0.1) is 12.0 Å². The van der Waals surface area contributed by atoms with Gasteiger partial charge in [-0.2, -0.15) is 13.2 Å². The summed E-state index contributed by atoms with van der Waals surface area (Å²) >= 11 is 0. The average Bonchev–Trinajstić information content (AvgIpc) is 2.32. The number of hydrogen-bond acceptors (Lipinski definition) is 1. The summed E-state index contributed by atoms with van der Waals surface area (Å²) in [4.78, 5) is 10.7. The molecule has 1 N–H and O–H groups in total. The van der Waals surface area contributed by atoms with E-state index in [1.54, 1.807) is 6.07 Å². The highest BCUT2D eigenvalue weighted by molar-refractivity contribution is 5.67. The molecule has 0 aliphatic heterocycles. The van der Waals surface area contributed by atoms with Gasteiger partial charge in [0, 0.05) is 0 Å². The lowest BCUT2D eigenvalue weighted by atomic mass is 9.83. The van der Waals surface area contributed by atoms with Gasteiger partial charge in [-0.05, 0) is 36.3 Å². The number of alkyl halides is 3. The first-order chi connectivity index (χ1) is 9.60. The van der Waals surface area contributed by atoms with Crippen LogP contribution in [0.15, 0.2) is 24.3 Å². The van der Waals surface area contributed by atoms with Crippen LogP contribution in [0.2, 0.25) is 0 Å². The summed E-state index contributed by atoms with van der Waals surface area (Å²) in [6.07, 6.45) is -1.32. The highest BCUT2D eigenvalue weighted by atomic mass is 19.4. The SMILES string of the molecule is CC(C)(CCCCc1cccc(C(F)(F)F)c1)CC(=O)O. The van der Waals surface area contributed by atoms with Gasteiger partial charge in [-0.15, -0.1) is 0 Å². The standard InChI is InChI=1S/C16H21F3O2/c1-15(2,11-14(20)21)9-4-3-6-12-7-5-8-13(10-12)16(17,18)19/h5,7-8,10H,3-4,6,9,11H2,1-2H3,(H,20,21). The Morgan fingerprint density at radius 1 is 1.19 bits per heavy atom. The molecule has 5 heteroatoms. The molecule has 0 aliphatic carbocycles. The van der Waals surface area contributed by atoms with E-state index in [0.717, 1.165) is 25.3 Å². The van der Waals surface area contributed by atoms with Gasteiger partial charge in [0.1, 0.15) is 0 Å². The molecule has 1 aromatic rings. The van der Waals surface area contributed by atoms with Crippen LogP contribution >= 0.6 is 0 Å². The maximum atomic E-state index is 12.6. The fourth-order valence-corrected chi connectivity index (χ4v) is 2.33. The molecule has 0 aromatic heterocycles. The Kier molecular flexibility index (Phi) is 5.81. The van der Waals surface area contributed by atoms with E-state index < -0.39 is 17.7 Å². The smallest absolute Gasteiger partial charge is 0.416 e. The molecule has 2 nitrogen and oxygen atoms in total. The second kappa shape index (κ2) is 6.96. The zero-order valence-corrected chi connectivity index (χ0v) is 12.3. The van der Waals surface area contributed by atoms with E-state index in [0.29, 0.717) is 12.0 Å². The summed E-state index contributed by atoms with van der Waals surface area (Å²) in [6.45, 7) is 3.79. The molecule has 0 atom stereocenters. The van der Waals surface area contributed by atoms with Crippen LogP contribution in [0.5, 0.6) is 0 Å². The van der Waals surface area contributed by atoms with Crippen molar-refractivity contribution in [3.8, 4) is 0 Å². The Balaban J connectivity index is 2.45. The van der Waals surface area contributed by atoms with Gasteiger partial charge < -0.3 is 5.11 Å². The number of unbranched alkanes of at least 4 members (excludes halogenated alkanes) is 1. The lowest BCUT2D eigenvalue weighted by Gasteiger charge is -2.22. The van der Waals surface area contributed by atoms with E-state index in [1.165, 1.54) is 12.1 Å². The zero-order chi connectivity index (χ0) is 16.1. The molecule has 0 radical (unpaired) electrons. The van der Waals surface area contributed by atoms with Crippen molar-refractivity contribution < 1.29 is 23.1 Å². The Morgan fingerprint density at radius 3 is 2.43 bits per heavy atom. The summed E-state index contributed by atoms with van der Waals surface area (Å²) in [5, 5.41) is 8.78. The van der Waals surface area contributed by atoms with E-state index in [-0.39, 0.29) is 11.8 Å². The highest BCUT2D eigenvalue weighted by Gasteiger charge is 2.30. The Bertz CT molecular complexity index is 479. The van der Waals surface area contributed by atoms with Gasteiger partial charge in [-0.1, -0.05) is 38.5 Å². The van der Waals surface area contributed by atoms with Gasteiger partial charge in [0.15, 0.2) is 0 Å². The first-order valence-corrected chi connectivity index (χ1v) is 6.98. The van der Waals surface area contributed by atoms with E-state index in [2.05, 4.69) is 0 Å². The minimum atomic E-state index is -4.31. The van der Waals surface area contributed by atoms with Crippen molar-refractivity contribution in [3.63, 3.8) is 0 Å². The molecule has 1 aromatic carbocycles. The Morgan fingerprint density at radius 2 is 1.86 bits per heavy atom. The minimum Gasteiger partial charge on any atom is -0.481 e. The van der Waals surface area contributed by atoms with Gasteiger partial charge in [0.2, 0.25) is 0 Å². The van der Waals surface area contributed by atoms with Crippen molar-refractivity contribution in [3.05, 3.63) is 35.4 Å². The number of carbonyl (C=O) groups is 1. The quantitative estimate of drug-likeness (QED) is 0.726. The van der Waals surface area contributed by atoms with Crippen molar-refractivity contribution >= 4 is 5.97 Å². The van der Waals surface area contributed by atoms with Crippen LogP contribution in [0.1, 0.15) is 50.7 Å². The highest BCUT2D eigenvalue weighted by Crippen LogP contribution is 2.30. The topological polar surface area (TPSA) is 37.3 Å². The third kappa shape index (κ3) is 6.65. The lowest BCUT2D eigenvalue weighted by Crippen LogP contribution is -2.16. The second-order valence-corrected chi connectivity index (χ2v) is 6.14. The fourth-order valence-electron chi connectivity index (χ4n) is 2.33. The zero-order valence-electron chi connectivity index (χ0n) is 12.3. The van der Waals surface area contributed by atoms with Crippen LogP contribution in [-0.2, 0) is 17.4 Å². The predicted molar refractivity (Wildman–Crippen MR) is 75.0 cm³/mol. The van der Waals surface area contributed by atoms with Crippen LogP contribution in [0.25, 0.3) is 0 Å². The third-order valence-corrected chi connectivity index (χ3v) is 3.45. The van der Waals surface area contributed by atoms with Crippen LogP contribution < -0.4 is 0 Å². The first-order valence-electron chi connectivity index (χ1n) is 6.98. The molecule has 118 valence electrons. The van der Waals surface area contributed by atoms with Crippen LogP contribution in [0.3, 0.4) is 0 Å². The number of aryl methyl sites for hydroxylation is 1. The lowest BCUT2D eigenvalue weighted by molar-refractivity contribution is -0.139. The number of carboxylic acids is 1. The van der Waals surface area contributed by atoms with Gasteiger partial charge >= 0.3 is 12.1 Å². The molecule has 0 amide bonds. The maximum Gasteiger partial charge on any atom is 0.416 e. The molecule has 0 spiro atoms. The molecule has 0 saturated heterocycles. The summed E-state index contributed by atoms with van der Waals surface area (Å²) in [6, 6.07) is 5.37. The molecular weight excluding hydrogens is 281 g/mol. The van der Waals surface area contributed by atoms with Crippen molar-refractivity contribution in [2.45, 2.75) is 52.1 Å². The molecule has 1 rings (SSSR count). The van der Waals surface area contributed by atoms with Crippen molar-refractivity contribution in [2.24, 2.45) is 5.41 Å². The predicted octanol–water partition coefficient (Wildman–Crippen LogP) is 4.92. The molecule has 0 heterocycles. The summed E-state index contributed by atoms with van der Waals surface area (Å²) in [5.74, 6) is -0.821. The number of aliphatic carboxylic acids is 1. The fraction of sp³-hybridized carbons (Fsp3) is 0.562. The van der Waals surface area contributed by atoms with Gasteiger partial charge in [0.25, 0.3) is 0 Å². The van der Waals surface area contributed by atoms with Crippen LogP contribution in [0, 0.1) is 5.41 Å². The summed E-state index contributed by atoms with van der Waals surface area (Å²) < 4.78 is 37.7. The number of rotatable bonds is 7. The van der Waals surface area contributed by atoms with Crippen LogP contribution in [-0.4, -0.2) is 11.1 Å². The molecule has 0 fully saturated rings. The van der Waals surface area contributed by atoms with E-state index in [9.17, 15) is 18.0 Å². The second-order valence-electron chi connectivity index (χ2n) is 6.14. The molecule has 0 unspecified atom stereocenters. The average molecular weight is 302 g/mol. The molecule has 0 bridgehead atoms. The Hall–Kier alpha value is -1.52. The van der Waals surface area contributed by atoms with Crippen molar-refractivity contribution in [2.75, 3.05) is 0 Å². The number of carboxylic acid groups (broad SMARTS) is 1.